The molecule has 0 heterocycles. The van der Waals surface area contributed by atoms with E-state index >= 15 is 0 Å². The standard InChI is InChI=1S/C11H10O3.C9H7BrO/c1-14-11(13)8-2-4-9-7(6-8)3-5-10(9)12;10-7-2-3-8-6(5-7)1-4-9(8)11/h2,4,6H,3,5H2,1H3;2-3,5H,1,4H2. The highest BCUT2D eigenvalue weighted by atomic mass is 79.9. The Morgan fingerprint density at radius 1 is 0.880 bits per heavy atom. The van der Waals surface area contributed by atoms with Crippen LogP contribution in [0.25, 0.3) is 0 Å². The van der Waals surface area contributed by atoms with E-state index in [4.69, 9.17) is 0 Å². The highest BCUT2D eigenvalue weighted by molar-refractivity contribution is 9.10. The summed E-state index contributed by atoms with van der Waals surface area (Å²) in [4.78, 5) is 33.6. The first kappa shape index (κ1) is 17.5. The number of Topliss-reactive ketones (excluding diaryl/α,β-unsaturated/α-hetero) is 2. The van der Waals surface area contributed by atoms with Crippen LogP contribution in [-0.2, 0) is 17.6 Å². The Kier molecular flexibility index (Phi) is 5.13. The van der Waals surface area contributed by atoms with Crippen molar-refractivity contribution in [1.82, 2.24) is 0 Å². The van der Waals surface area contributed by atoms with Gasteiger partial charge in [-0.05, 0) is 48.2 Å². The second-order valence-electron chi connectivity index (χ2n) is 6.01. The number of methoxy groups -OCH3 is 1. The average Bonchev–Trinajstić information content (AvgIpc) is 3.17. The third kappa shape index (κ3) is 3.71. The number of ketones is 2. The van der Waals surface area contributed by atoms with Gasteiger partial charge in [0.2, 0.25) is 0 Å². The summed E-state index contributed by atoms with van der Waals surface area (Å²) in [5.74, 6) is 0.0936. The summed E-state index contributed by atoms with van der Waals surface area (Å²) < 4.78 is 5.66. The number of carbonyl (C=O) groups is 3. The molecular formula is C20H17BrO4. The lowest BCUT2D eigenvalue weighted by Crippen LogP contribution is -2.02. The first-order valence-electron chi connectivity index (χ1n) is 8.05. The maximum atomic E-state index is 11.3. The molecule has 0 aromatic heterocycles. The van der Waals surface area contributed by atoms with Crippen molar-refractivity contribution in [3.8, 4) is 0 Å². The predicted molar refractivity (Wildman–Crippen MR) is 97.2 cm³/mol. The fraction of sp³-hybridized carbons (Fsp3) is 0.250. The number of fused-ring (bicyclic) bond motifs is 2. The van der Waals surface area contributed by atoms with Crippen LogP contribution in [0, 0.1) is 0 Å². The highest BCUT2D eigenvalue weighted by Gasteiger charge is 2.20. The fourth-order valence-corrected chi connectivity index (χ4v) is 3.53. The molecule has 0 saturated heterocycles. The van der Waals surface area contributed by atoms with Gasteiger partial charge >= 0.3 is 5.97 Å². The molecule has 0 radical (unpaired) electrons. The molecule has 0 fully saturated rings. The van der Waals surface area contributed by atoms with E-state index < -0.39 is 0 Å². The number of hydrogen-bond acceptors (Lipinski definition) is 4. The number of carbonyl (C=O) groups excluding carboxylic acids is 3. The molecule has 0 spiro atoms. The van der Waals surface area contributed by atoms with Crippen molar-refractivity contribution >= 4 is 33.5 Å². The van der Waals surface area contributed by atoms with Gasteiger partial charge in [0.1, 0.15) is 0 Å². The van der Waals surface area contributed by atoms with Crippen molar-refractivity contribution < 1.29 is 19.1 Å². The lowest BCUT2D eigenvalue weighted by Gasteiger charge is -2.01. The van der Waals surface area contributed by atoms with Gasteiger partial charge in [0.15, 0.2) is 11.6 Å². The Labute approximate surface area is 154 Å². The molecule has 2 aliphatic rings. The molecule has 4 rings (SSSR count). The van der Waals surface area contributed by atoms with Gasteiger partial charge in [-0.15, -0.1) is 0 Å². The van der Waals surface area contributed by atoms with Crippen LogP contribution in [0.15, 0.2) is 40.9 Å². The van der Waals surface area contributed by atoms with Gasteiger partial charge in [0.05, 0.1) is 12.7 Å². The van der Waals surface area contributed by atoms with Crippen LogP contribution in [0.4, 0.5) is 0 Å². The summed E-state index contributed by atoms with van der Waals surface area (Å²) in [7, 11) is 1.35. The normalized spacial score (nSPS) is 14.5. The van der Waals surface area contributed by atoms with Gasteiger partial charge < -0.3 is 4.74 Å². The molecule has 0 bridgehead atoms. The molecule has 128 valence electrons. The van der Waals surface area contributed by atoms with Crippen LogP contribution >= 0.6 is 15.9 Å². The summed E-state index contributed by atoms with van der Waals surface area (Å²) in [5.41, 5.74) is 4.31. The van der Waals surface area contributed by atoms with E-state index in [0.29, 0.717) is 18.4 Å². The molecule has 0 unspecified atom stereocenters. The lowest BCUT2D eigenvalue weighted by atomic mass is 10.1. The van der Waals surface area contributed by atoms with Crippen LogP contribution in [-0.4, -0.2) is 24.6 Å². The van der Waals surface area contributed by atoms with Crippen LogP contribution in [0.5, 0.6) is 0 Å². The van der Waals surface area contributed by atoms with Gasteiger partial charge in [-0.3, -0.25) is 9.59 Å². The molecule has 2 aromatic rings. The Balaban J connectivity index is 0.000000150. The first-order valence-corrected chi connectivity index (χ1v) is 8.85. The number of benzene rings is 2. The van der Waals surface area contributed by atoms with E-state index in [2.05, 4.69) is 20.7 Å². The van der Waals surface area contributed by atoms with E-state index in [-0.39, 0.29) is 17.5 Å². The second kappa shape index (κ2) is 7.31. The third-order valence-electron chi connectivity index (χ3n) is 4.44. The molecule has 0 N–H and O–H groups in total. The SMILES string of the molecule is COC(=O)c1ccc2c(c1)CCC2=O.O=C1CCc2cc(Br)ccc21. The van der Waals surface area contributed by atoms with E-state index in [0.717, 1.165) is 34.0 Å². The maximum absolute atomic E-state index is 11.3. The third-order valence-corrected chi connectivity index (χ3v) is 4.93. The van der Waals surface area contributed by atoms with Crippen LogP contribution in [0.2, 0.25) is 0 Å². The molecule has 2 aliphatic carbocycles. The van der Waals surface area contributed by atoms with Crippen LogP contribution < -0.4 is 0 Å². The average molecular weight is 401 g/mol. The number of aryl methyl sites for hydroxylation is 2. The summed E-state index contributed by atoms with van der Waals surface area (Å²) in [6.45, 7) is 0. The monoisotopic (exact) mass is 400 g/mol. The zero-order valence-corrected chi connectivity index (χ0v) is 15.4. The minimum atomic E-state index is -0.354. The molecule has 2 aromatic carbocycles. The van der Waals surface area contributed by atoms with Crippen molar-refractivity contribution in [2.24, 2.45) is 0 Å². The number of halogens is 1. The van der Waals surface area contributed by atoms with Gasteiger partial charge in [-0.1, -0.05) is 28.1 Å². The number of hydrogen-bond donors (Lipinski definition) is 0. The van der Waals surface area contributed by atoms with E-state index in [9.17, 15) is 14.4 Å². The minimum absolute atomic E-state index is 0.163. The quantitative estimate of drug-likeness (QED) is 0.673. The minimum Gasteiger partial charge on any atom is -0.465 e. The summed E-state index contributed by atoms with van der Waals surface area (Å²) in [6, 6.07) is 10.9. The molecule has 0 aliphatic heterocycles. The Morgan fingerprint density at radius 3 is 2.04 bits per heavy atom. The molecular weight excluding hydrogens is 384 g/mol. The van der Waals surface area contributed by atoms with E-state index in [1.165, 1.54) is 12.7 Å². The Hall–Kier alpha value is -2.27. The molecule has 0 saturated carbocycles. The fourth-order valence-electron chi connectivity index (χ4n) is 3.12. The van der Waals surface area contributed by atoms with Crippen molar-refractivity contribution in [1.29, 1.82) is 0 Å². The smallest absolute Gasteiger partial charge is 0.337 e. The zero-order valence-electron chi connectivity index (χ0n) is 13.8. The second-order valence-corrected chi connectivity index (χ2v) is 6.93. The number of esters is 1. The van der Waals surface area contributed by atoms with Crippen molar-refractivity contribution in [3.63, 3.8) is 0 Å². The molecule has 25 heavy (non-hydrogen) atoms. The number of rotatable bonds is 1. The van der Waals surface area contributed by atoms with Crippen molar-refractivity contribution in [3.05, 3.63) is 68.7 Å². The summed E-state index contributed by atoms with van der Waals surface area (Å²) in [5, 5.41) is 0. The maximum Gasteiger partial charge on any atom is 0.337 e. The van der Waals surface area contributed by atoms with E-state index in [1.54, 1.807) is 18.2 Å². The van der Waals surface area contributed by atoms with Crippen molar-refractivity contribution in [2.45, 2.75) is 25.7 Å². The lowest BCUT2D eigenvalue weighted by molar-refractivity contribution is 0.0600. The van der Waals surface area contributed by atoms with Crippen LogP contribution in [0.1, 0.15) is 55.0 Å². The topological polar surface area (TPSA) is 60.4 Å². The van der Waals surface area contributed by atoms with Crippen LogP contribution in [0.3, 0.4) is 0 Å². The molecule has 0 atom stereocenters. The van der Waals surface area contributed by atoms with Crippen molar-refractivity contribution in [2.75, 3.05) is 7.11 Å². The Bertz CT molecular complexity index is 870. The molecule has 4 nitrogen and oxygen atoms in total. The van der Waals surface area contributed by atoms with Gasteiger partial charge in [-0.25, -0.2) is 4.79 Å². The predicted octanol–water partition coefficient (Wildman–Crippen LogP) is 4.18. The molecule has 5 heteroatoms. The van der Waals surface area contributed by atoms with Gasteiger partial charge in [0.25, 0.3) is 0 Å². The number of ether oxygens (including phenoxy) is 1. The summed E-state index contributed by atoms with van der Waals surface area (Å²) >= 11 is 3.37. The van der Waals surface area contributed by atoms with Gasteiger partial charge in [-0.2, -0.15) is 0 Å². The van der Waals surface area contributed by atoms with E-state index in [1.807, 2.05) is 18.2 Å². The molecule has 0 amide bonds. The largest absolute Gasteiger partial charge is 0.465 e. The highest BCUT2D eigenvalue weighted by Crippen LogP contribution is 2.25. The zero-order chi connectivity index (χ0) is 18.0. The first-order chi connectivity index (χ1) is 12.0. The van der Waals surface area contributed by atoms with Gasteiger partial charge in [0, 0.05) is 28.4 Å². The summed E-state index contributed by atoms with van der Waals surface area (Å²) in [6.07, 6.45) is 2.89. The Morgan fingerprint density at radius 2 is 1.44 bits per heavy atom.